The minimum Gasteiger partial charge on any atom is -0.396 e. The molecule has 0 aliphatic carbocycles. The van der Waals surface area contributed by atoms with Crippen LogP contribution in [0.3, 0.4) is 0 Å². The Morgan fingerprint density at radius 1 is 1.33 bits per heavy atom. The highest BCUT2D eigenvalue weighted by Gasteiger charge is 2.29. The fourth-order valence-electron chi connectivity index (χ4n) is 2.68. The van der Waals surface area contributed by atoms with Gasteiger partial charge in [-0.1, -0.05) is 13.8 Å². The highest BCUT2D eigenvalue weighted by atomic mass is 32.2. The maximum absolute atomic E-state index is 12.1. The molecular weight excluding hydrogens is 292 g/mol. The van der Waals surface area contributed by atoms with Gasteiger partial charge < -0.3 is 10.0 Å². The molecule has 6 nitrogen and oxygen atoms in total. The lowest BCUT2D eigenvalue weighted by molar-refractivity contribution is -0.134. The van der Waals surface area contributed by atoms with E-state index in [2.05, 4.69) is 18.7 Å². The highest BCUT2D eigenvalue weighted by Crippen LogP contribution is 2.15. The lowest BCUT2D eigenvalue weighted by Crippen LogP contribution is -2.55. The molecule has 0 aromatic heterocycles. The number of aliphatic hydroxyl groups excluding tert-OH is 1. The Kier molecular flexibility index (Phi) is 7.09. The van der Waals surface area contributed by atoms with Crippen molar-refractivity contribution in [2.75, 3.05) is 44.8 Å². The summed E-state index contributed by atoms with van der Waals surface area (Å²) in [6.45, 7) is 7.36. The molecule has 1 aliphatic rings. The Morgan fingerprint density at radius 2 is 2.00 bits per heavy atom. The largest absolute Gasteiger partial charge is 0.396 e. The first kappa shape index (κ1) is 18.4. The SMILES string of the molecule is CC(C)CN1CCN(C(=O)CCS(C)(=O)=O)CC1CCO. The zero-order valence-corrected chi connectivity index (χ0v) is 14.1. The quantitative estimate of drug-likeness (QED) is 0.713. The number of hydrogen-bond donors (Lipinski definition) is 1. The Hall–Kier alpha value is -0.660. The molecule has 1 unspecified atom stereocenters. The second kappa shape index (κ2) is 8.10. The summed E-state index contributed by atoms with van der Waals surface area (Å²) >= 11 is 0. The number of carbonyl (C=O) groups is 1. The predicted octanol–water partition coefficient (Wildman–Crippen LogP) is -0.0277. The number of aliphatic hydroxyl groups is 1. The molecule has 1 aliphatic heterocycles. The Bertz CT molecular complexity index is 436. The van der Waals surface area contributed by atoms with Gasteiger partial charge in [0.25, 0.3) is 0 Å². The fraction of sp³-hybridized carbons (Fsp3) is 0.929. The van der Waals surface area contributed by atoms with Gasteiger partial charge in [-0.15, -0.1) is 0 Å². The Labute approximate surface area is 128 Å². The van der Waals surface area contributed by atoms with Gasteiger partial charge in [0.15, 0.2) is 0 Å². The topological polar surface area (TPSA) is 77.9 Å². The highest BCUT2D eigenvalue weighted by molar-refractivity contribution is 7.90. The summed E-state index contributed by atoms with van der Waals surface area (Å²) in [5.41, 5.74) is 0. The maximum Gasteiger partial charge on any atom is 0.223 e. The van der Waals surface area contributed by atoms with Crippen molar-refractivity contribution in [2.24, 2.45) is 5.92 Å². The van der Waals surface area contributed by atoms with Gasteiger partial charge in [-0.3, -0.25) is 9.69 Å². The van der Waals surface area contributed by atoms with Gasteiger partial charge >= 0.3 is 0 Å². The molecule has 1 heterocycles. The number of piperazine rings is 1. The van der Waals surface area contributed by atoms with E-state index >= 15 is 0 Å². The van der Waals surface area contributed by atoms with E-state index in [0.717, 1.165) is 19.3 Å². The molecule has 7 heteroatoms. The average Bonchev–Trinajstić information content (AvgIpc) is 2.37. The molecule has 0 spiro atoms. The van der Waals surface area contributed by atoms with E-state index in [1.807, 2.05) is 0 Å². The standard InChI is InChI=1S/C14H28N2O4S/c1-12(2)10-15-6-7-16(11-13(15)4-8-17)14(18)5-9-21(3,19)20/h12-13,17H,4-11H2,1-3H3. The molecule has 21 heavy (non-hydrogen) atoms. The van der Waals surface area contributed by atoms with Gasteiger partial charge in [0, 0.05) is 51.5 Å². The normalized spacial score (nSPS) is 21.0. The molecule has 1 saturated heterocycles. The summed E-state index contributed by atoms with van der Waals surface area (Å²) in [5, 5.41) is 9.20. The van der Waals surface area contributed by atoms with Crippen LogP contribution in [0.1, 0.15) is 26.7 Å². The molecule has 0 radical (unpaired) electrons. The number of amides is 1. The number of sulfone groups is 1. The van der Waals surface area contributed by atoms with Crippen molar-refractivity contribution in [2.45, 2.75) is 32.7 Å². The van der Waals surface area contributed by atoms with E-state index < -0.39 is 9.84 Å². The van der Waals surface area contributed by atoms with E-state index in [0.29, 0.717) is 25.4 Å². The van der Waals surface area contributed by atoms with Crippen LogP contribution in [-0.2, 0) is 14.6 Å². The summed E-state index contributed by atoms with van der Waals surface area (Å²) in [7, 11) is -3.11. The zero-order chi connectivity index (χ0) is 16.0. The molecule has 1 rings (SSSR count). The lowest BCUT2D eigenvalue weighted by atomic mass is 10.1. The van der Waals surface area contributed by atoms with Gasteiger partial charge in [-0.2, -0.15) is 0 Å². The number of carbonyl (C=O) groups excluding carboxylic acids is 1. The minimum absolute atomic E-state index is 0.0505. The molecule has 124 valence electrons. The van der Waals surface area contributed by atoms with E-state index in [4.69, 9.17) is 0 Å². The van der Waals surface area contributed by atoms with Crippen molar-refractivity contribution in [3.05, 3.63) is 0 Å². The summed E-state index contributed by atoms with van der Waals surface area (Å²) in [6, 6.07) is 0.160. The number of hydrogen-bond acceptors (Lipinski definition) is 5. The van der Waals surface area contributed by atoms with Crippen molar-refractivity contribution in [1.82, 2.24) is 9.80 Å². The van der Waals surface area contributed by atoms with Crippen LogP contribution >= 0.6 is 0 Å². The first-order valence-corrected chi connectivity index (χ1v) is 9.59. The summed E-state index contributed by atoms with van der Waals surface area (Å²) in [5.74, 6) is 0.342. The monoisotopic (exact) mass is 320 g/mol. The second-order valence-electron chi connectivity index (χ2n) is 6.27. The van der Waals surface area contributed by atoms with E-state index in [1.54, 1.807) is 4.90 Å². The summed E-state index contributed by atoms with van der Waals surface area (Å²) in [4.78, 5) is 16.2. The van der Waals surface area contributed by atoms with Crippen molar-refractivity contribution < 1.29 is 18.3 Å². The van der Waals surface area contributed by atoms with Crippen LogP contribution in [0.4, 0.5) is 0 Å². The zero-order valence-electron chi connectivity index (χ0n) is 13.3. The molecule has 0 bridgehead atoms. The molecule has 1 N–H and O–H groups in total. The average molecular weight is 320 g/mol. The van der Waals surface area contributed by atoms with Crippen LogP contribution in [0, 0.1) is 5.92 Å². The molecule has 1 fully saturated rings. The second-order valence-corrected chi connectivity index (χ2v) is 8.53. The minimum atomic E-state index is -3.11. The molecular formula is C14H28N2O4S. The number of rotatable bonds is 7. The first-order chi connectivity index (χ1) is 9.73. The summed E-state index contributed by atoms with van der Waals surface area (Å²) in [6.07, 6.45) is 1.84. The molecule has 1 atom stereocenters. The van der Waals surface area contributed by atoms with Gasteiger partial charge in [0.05, 0.1) is 5.75 Å². The van der Waals surface area contributed by atoms with Crippen molar-refractivity contribution in [3.8, 4) is 0 Å². The number of nitrogens with zero attached hydrogens (tertiary/aromatic N) is 2. The third-order valence-electron chi connectivity index (χ3n) is 3.71. The van der Waals surface area contributed by atoms with Gasteiger partial charge in [0.1, 0.15) is 9.84 Å². The maximum atomic E-state index is 12.1. The molecule has 0 saturated carbocycles. The molecule has 0 aromatic rings. The fourth-order valence-corrected chi connectivity index (χ4v) is 3.23. The van der Waals surface area contributed by atoms with Gasteiger partial charge in [-0.05, 0) is 12.3 Å². The van der Waals surface area contributed by atoms with Crippen LogP contribution in [0.5, 0.6) is 0 Å². The Balaban J connectivity index is 2.57. The van der Waals surface area contributed by atoms with Crippen molar-refractivity contribution in [1.29, 1.82) is 0 Å². The third kappa shape index (κ3) is 6.76. The van der Waals surface area contributed by atoms with Crippen LogP contribution in [0.25, 0.3) is 0 Å². The van der Waals surface area contributed by atoms with Crippen LogP contribution in [-0.4, -0.2) is 80.1 Å². The van der Waals surface area contributed by atoms with E-state index in [-0.39, 0.29) is 30.7 Å². The van der Waals surface area contributed by atoms with Crippen molar-refractivity contribution in [3.63, 3.8) is 0 Å². The lowest BCUT2D eigenvalue weighted by Gasteiger charge is -2.42. The Morgan fingerprint density at radius 3 is 2.52 bits per heavy atom. The van der Waals surface area contributed by atoms with Gasteiger partial charge in [-0.25, -0.2) is 8.42 Å². The van der Waals surface area contributed by atoms with E-state index in [1.165, 1.54) is 0 Å². The smallest absolute Gasteiger partial charge is 0.223 e. The third-order valence-corrected chi connectivity index (χ3v) is 4.65. The van der Waals surface area contributed by atoms with E-state index in [9.17, 15) is 18.3 Å². The summed E-state index contributed by atoms with van der Waals surface area (Å²) < 4.78 is 22.3. The van der Waals surface area contributed by atoms with Crippen LogP contribution < -0.4 is 0 Å². The van der Waals surface area contributed by atoms with Crippen LogP contribution in [0.2, 0.25) is 0 Å². The van der Waals surface area contributed by atoms with Gasteiger partial charge in [0.2, 0.25) is 5.91 Å². The molecule has 0 aromatic carbocycles. The predicted molar refractivity (Wildman–Crippen MR) is 82.8 cm³/mol. The molecule has 1 amide bonds. The van der Waals surface area contributed by atoms with Crippen molar-refractivity contribution >= 4 is 15.7 Å². The first-order valence-electron chi connectivity index (χ1n) is 7.53. The van der Waals surface area contributed by atoms with Crippen LogP contribution in [0.15, 0.2) is 0 Å².